The molecule has 0 fully saturated rings. The Hall–Kier alpha value is -3.70. The minimum Gasteiger partial charge on any atom is -0.493 e. The zero-order chi connectivity index (χ0) is 26.1. The van der Waals surface area contributed by atoms with Crippen LogP contribution in [0.4, 0.5) is 10.1 Å². The Kier molecular flexibility index (Phi) is 9.20. The lowest BCUT2D eigenvalue weighted by molar-refractivity contribution is -0.119. The molecule has 0 atom stereocenters. The van der Waals surface area contributed by atoms with Crippen molar-refractivity contribution in [1.29, 1.82) is 0 Å². The Balaban J connectivity index is 1.81. The summed E-state index contributed by atoms with van der Waals surface area (Å²) in [6.07, 6.45) is 2.95. The average molecular weight is 576 g/mol. The van der Waals surface area contributed by atoms with Crippen LogP contribution in [0.2, 0.25) is 0 Å². The highest BCUT2D eigenvalue weighted by Gasteiger charge is 2.29. The number of nitrogens with zero attached hydrogens (tertiary/aromatic N) is 2. The van der Waals surface area contributed by atoms with Gasteiger partial charge >= 0.3 is 0 Å². The molecule has 0 aliphatic carbocycles. The smallest absolute Gasteiger partial charge is 0.264 e. The number of hydrogen-bond donors (Lipinski definition) is 1. The van der Waals surface area contributed by atoms with E-state index in [9.17, 15) is 17.6 Å². The minimum atomic E-state index is -4.24. The van der Waals surface area contributed by atoms with E-state index in [1.165, 1.54) is 55.8 Å². The van der Waals surface area contributed by atoms with Gasteiger partial charge in [0.2, 0.25) is 0 Å². The highest BCUT2D eigenvalue weighted by atomic mass is 79.9. The standard InChI is InChI=1S/C25H23BrFN3O5S/c1-3-13-35-25-20(26)14-18(15-23(25)34-2)16-28-29-24(31)17-30(22-12-8-7-11-21(22)27)36(32,33)19-9-5-4-6-10-19/h3-12,14-16H,1,13,17H2,2H3,(H,29,31)/b28-16-. The van der Waals surface area contributed by atoms with Crippen molar-refractivity contribution in [3.05, 3.63) is 95.2 Å². The van der Waals surface area contributed by atoms with Gasteiger partial charge in [-0.2, -0.15) is 5.10 Å². The van der Waals surface area contributed by atoms with Crippen LogP contribution in [0.15, 0.2) is 93.9 Å². The number of ether oxygens (including phenoxy) is 2. The van der Waals surface area contributed by atoms with Gasteiger partial charge in [0.1, 0.15) is 19.0 Å². The molecule has 8 nitrogen and oxygen atoms in total. The van der Waals surface area contributed by atoms with Gasteiger partial charge in [-0.1, -0.05) is 43.0 Å². The third-order valence-electron chi connectivity index (χ3n) is 4.74. The van der Waals surface area contributed by atoms with E-state index in [2.05, 4.69) is 33.0 Å². The number of benzene rings is 3. The first-order chi connectivity index (χ1) is 17.3. The third-order valence-corrected chi connectivity index (χ3v) is 7.10. The van der Waals surface area contributed by atoms with E-state index in [0.717, 1.165) is 6.07 Å². The first-order valence-electron chi connectivity index (χ1n) is 10.5. The van der Waals surface area contributed by atoms with Crippen LogP contribution in [0.1, 0.15) is 5.56 Å². The van der Waals surface area contributed by atoms with Crippen molar-refractivity contribution in [1.82, 2.24) is 5.43 Å². The highest BCUT2D eigenvalue weighted by Crippen LogP contribution is 2.36. The number of carbonyl (C=O) groups is 1. The molecule has 3 aromatic rings. The summed E-state index contributed by atoms with van der Waals surface area (Å²) in [5.74, 6) is -0.654. The molecular formula is C25H23BrFN3O5S. The largest absolute Gasteiger partial charge is 0.493 e. The van der Waals surface area contributed by atoms with Crippen molar-refractivity contribution in [3.8, 4) is 11.5 Å². The molecule has 0 heterocycles. The van der Waals surface area contributed by atoms with Gasteiger partial charge in [0.05, 0.1) is 28.4 Å². The summed E-state index contributed by atoms with van der Waals surface area (Å²) in [6.45, 7) is 3.19. The molecule has 3 rings (SSSR count). The Morgan fingerprint density at radius 1 is 1.17 bits per heavy atom. The second-order valence-corrected chi connectivity index (χ2v) is 9.92. The molecule has 0 radical (unpaired) electrons. The lowest BCUT2D eigenvalue weighted by Crippen LogP contribution is -2.40. The van der Waals surface area contributed by atoms with Crippen LogP contribution in [0.5, 0.6) is 11.5 Å². The van der Waals surface area contributed by atoms with E-state index in [0.29, 0.717) is 25.8 Å². The predicted octanol–water partition coefficient (Wildman–Crippen LogP) is 4.51. The first-order valence-corrected chi connectivity index (χ1v) is 12.8. The van der Waals surface area contributed by atoms with E-state index >= 15 is 0 Å². The number of methoxy groups -OCH3 is 1. The van der Waals surface area contributed by atoms with Crippen LogP contribution in [-0.4, -0.2) is 40.8 Å². The van der Waals surface area contributed by atoms with E-state index in [1.807, 2.05) is 0 Å². The number of sulfonamides is 1. The Labute approximate surface area is 217 Å². The van der Waals surface area contributed by atoms with Gasteiger partial charge in [-0.15, -0.1) is 0 Å². The minimum absolute atomic E-state index is 0.0831. The molecule has 1 N–H and O–H groups in total. The molecule has 0 aliphatic heterocycles. The van der Waals surface area contributed by atoms with Crippen LogP contribution < -0.4 is 19.2 Å². The number of anilines is 1. The maximum absolute atomic E-state index is 14.5. The summed E-state index contributed by atoms with van der Waals surface area (Å²) in [4.78, 5) is 12.6. The fourth-order valence-electron chi connectivity index (χ4n) is 3.11. The van der Waals surface area contributed by atoms with Crippen molar-refractivity contribution in [3.63, 3.8) is 0 Å². The van der Waals surface area contributed by atoms with Gasteiger partial charge in [-0.25, -0.2) is 18.2 Å². The Bertz CT molecular complexity index is 1370. The lowest BCUT2D eigenvalue weighted by atomic mass is 10.2. The first kappa shape index (κ1) is 26.9. The molecule has 0 aromatic heterocycles. The summed E-state index contributed by atoms with van der Waals surface area (Å²) in [5, 5.41) is 3.90. The number of carbonyl (C=O) groups excluding carboxylic acids is 1. The maximum atomic E-state index is 14.5. The van der Waals surface area contributed by atoms with Crippen molar-refractivity contribution in [2.24, 2.45) is 5.10 Å². The maximum Gasteiger partial charge on any atom is 0.264 e. The van der Waals surface area contributed by atoms with Gasteiger partial charge in [0.25, 0.3) is 15.9 Å². The van der Waals surface area contributed by atoms with Crippen molar-refractivity contribution >= 4 is 43.8 Å². The van der Waals surface area contributed by atoms with Gasteiger partial charge in [0.15, 0.2) is 11.5 Å². The highest BCUT2D eigenvalue weighted by molar-refractivity contribution is 9.10. The van der Waals surface area contributed by atoms with E-state index in [1.54, 1.807) is 24.3 Å². The van der Waals surface area contributed by atoms with Gasteiger partial charge in [-0.05, 0) is 57.9 Å². The van der Waals surface area contributed by atoms with Gasteiger partial charge in [0, 0.05) is 0 Å². The zero-order valence-corrected chi connectivity index (χ0v) is 21.6. The number of halogens is 2. The number of rotatable bonds is 11. The molecule has 11 heteroatoms. The van der Waals surface area contributed by atoms with E-state index in [4.69, 9.17) is 9.47 Å². The summed E-state index contributed by atoms with van der Waals surface area (Å²) < 4.78 is 53.2. The van der Waals surface area contributed by atoms with Crippen LogP contribution in [0.25, 0.3) is 0 Å². The molecular weight excluding hydrogens is 553 g/mol. The van der Waals surface area contributed by atoms with Crippen LogP contribution in [0, 0.1) is 5.82 Å². The van der Waals surface area contributed by atoms with E-state index < -0.39 is 28.3 Å². The van der Waals surface area contributed by atoms with Crippen LogP contribution in [0.3, 0.4) is 0 Å². The number of hydrogen-bond acceptors (Lipinski definition) is 6. The molecule has 3 aromatic carbocycles. The lowest BCUT2D eigenvalue weighted by Gasteiger charge is -2.24. The predicted molar refractivity (Wildman–Crippen MR) is 139 cm³/mol. The topological polar surface area (TPSA) is 97.3 Å². The molecule has 0 unspecified atom stereocenters. The second-order valence-electron chi connectivity index (χ2n) is 7.20. The Morgan fingerprint density at radius 2 is 1.86 bits per heavy atom. The average Bonchev–Trinajstić information content (AvgIpc) is 2.87. The van der Waals surface area contributed by atoms with Crippen molar-refractivity contribution in [2.45, 2.75) is 4.90 Å². The summed E-state index contributed by atoms with van der Waals surface area (Å²) >= 11 is 3.40. The molecule has 0 saturated heterocycles. The molecule has 0 spiro atoms. The molecule has 1 amide bonds. The molecule has 0 saturated carbocycles. The monoisotopic (exact) mass is 575 g/mol. The normalized spacial score (nSPS) is 11.2. The molecule has 36 heavy (non-hydrogen) atoms. The molecule has 0 bridgehead atoms. The van der Waals surface area contributed by atoms with Gasteiger partial charge in [-0.3, -0.25) is 9.10 Å². The van der Waals surface area contributed by atoms with Crippen molar-refractivity contribution < 1.29 is 27.1 Å². The number of amides is 1. The number of nitrogens with one attached hydrogen (secondary N) is 1. The van der Waals surface area contributed by atoms with E-state index in [-0.39, 0.29) is 17.2 Å². The van der Waals surface area contributed by atoms with Crippen LogP contribution in [-0.2, 0) is 14.8 Å². The Morgan fingerprint density at radius 3 is 2.53 bits per heavy atom. The van der Waals surface area contributed by atoms with Gasteiger partial charge < -0.3 is 9.47 Å². The van der Waals surface area contributed by atoms with Crippen molar-refractivity contribution in [2.75, 3.05) is 24.6 Å². The molecule has 0 aliphatic rings. The number of hydrazone groups is 1. The fraction of sp³-hybridized carbons (Fsp3) is 0.120. The summed E-state index contributed by atoms with van der Waals surface area (Å²) in [5.41, 5.74) is 2.58. The zero-order valence-electron chi connectivity index (χ0n) is 19.2. The summed E-state index contributed by atoms with van der Waals surface area (Å²) in [6, 6.07) is 16.1. The SMILES string of the molecule is C=CCOc1c(Br)cc(/C=N\NC(=O)CN(c2ccccc2F)S(=O)(=O)c2ccccc2)cc1OC. The quantitative estimate of drug-likeness (QED) is 0.206. The number of para-hydroxylation sites is 1. The fourth-order valence-corrected chi connectivity index (χ4v) is 5.14. The van der Waals surface area contributed by atoms with Crippen LogP contribution >= 0.6 is 15.9 Å². The summed E-state index contributed by atoms with van der Waals surface area (Å²) in [7, 11) is -2.76. The second kappa shape index (κ2) is 12.3. The third kappa shape index (κ3) is 6.49. The molecule has 188 valence electrons.